The van der Waals surface area contributed by atoms with E-state index in [0.717, 1.165) is 10.2 Å². The van der Waals surface area contributed by atoms with Crippen LogP contribution in [0.15, 0.2) is 33.3 Å². The van der Waals surface area contributed by atoms with E-state index in [2.05, 4.69) is 36.7 Å². The summed E-state index contributed by atoms with van der Waals surface area (Å²) in [5, 5.41) is 9.45. The van der Waals surface area contributed by atoms with Gasteiger partial charge in [0, 0.05) is 11.4 Å². The molecular formula is C12H13BrN4O2. The van der Waals surface area contributed by atoms with Gasteiger partial charge in [-0.1, -0.05) is 17.3 Å². The summed E-state index contributed by atoms with van der Waals surface area (Å²) in [6.07, 6.45) is 0. The van der Waals surface area contributed by atoms with Crippen molar-refractivity contribution in [1.82, 2.24) is 15.5 Å². The van der Waals surface area contributed by atoms with E-state index in [0.29, 0.717) is 18.3 Å². The minimum Gasteiger partial charge on any atom is -0.340 e. The van der Waals surface area contributed by atoms with Crippen LogP contribution in [-0.2, 0) is 11.3 Å². The van der Waals surface area contributed by atoms with Crippen molar-refractivity contribution in [2.24, 2.45) is 0 Å². The highest BCUT2D eigenvalue weighted by atomic mass is 79.9. The lowest BCUT2D eigenvalue weighted by molar-refractivity contribution is -0.115. The molecule has 0 unspecified atom stereocenters. The van der Waals surface area contributed by atoms with Crippen LogP contribution >= 0.6 is 15.9 Å². The number of carbonyl (C=O) groups excluding carboxylic acids is 1. The van der Waals surface area contributed by atoms with Crippen molar-refractivity contribution in [2.75, 3.05) is 11.9 Å². The first kappa shape index (κ1) is 13.7. The Hall–Kier alpha value is -1.73. The second-order valence-corrected chi connectivity index (χ2v) is 4.72. The average Bonchev–Trinajstić information content (AvgIpc) is 2.78. The average molecular weight is 325 g/mol. The van der Waals surface area contributed by atoms with E-state index in [-0.39, 0.29) is 12.5 Å². The van der Waals surface area contributed by atoms with Crippen molar-refractivity contribution in [3.8, 4) is 0 Å². The van der Waals surface area contributed by atoms with Gasteiger partial charge in [0.05, 0.1) is 18.8 Å². The van der Waals surface area contributed by atoms with Gasteiger partial charge in [0.1, 0.15) is 0 Å². The smallest absolute Gasteiger partial charge is 0.238 e. The summed E-state index contributed by atoms with van der Waals surface area (Å²) in [7, 11) is 0. The number of hydrogen-bond donors (Lipinski definition) is 2. The minimum atomic E-state index is -0.132. The third-order valence-corrected chi connectivity index (χ3v) is 2.98. The Kier molecular flexibility index (Phi) is 4.64. The Labute approximate surface area is 118 Å². The molecule has 1 aromatic heterocycles. The molecule has 2 aromatic rings. The predicted octanol–water partition coefficient (Wildman–Crippen LogP) is 1.87. The molecule has 1 aromatic carbocycles. The first-order chi connectivity index (χ1) is 9.15. The molecule has 1 amide bonds. The van der Waals surface area contributed by atoms with Crippen LogP contribution in [0, 0.1) is 6.92 Å². The molecule has 0 fully saturated rings. The van der Waals surface area contributed by atoms with Crippen LogP contribution in [0.25, 0.3) is 0 Å². The number of benzene rings is 1. The molecule has 100 valence electrons. The van der Waals surface area contributed by atoms with E-state index in [9.17, 15) is 4.79 Å². The molecule has 0 spiro atoms. The van der Waals surface area contributed by atoms with Crippen LogP contribution in [0.4, 0.5) is 5.69 Å². The first-order valence-electron chi connectivity index (χ1n) is 5.69. The largest absolute Gasteiger partial charge is 0.340 e. The van der Waals surface area contributed by atoms with Gasteiger partial charge in [-0.25, -0.2) is 0 Å². The van der Waals surface area contributed by atoms with Crippen molar-refractivity contribution in [3.63, 3.8) is 0 Å². The fourth-order valence-electron chi connectivity index (χ4n) is 1.46. The van der Waals surface area contributed by atoms with Gasteiger partial charge in [0.2, 0.25) is 11.8 Å². The second kappa shape index (κ2) is 6.44. The van der Waals surface area contributed by atoms with Gasteiger partial charge in [0.15, 0.2) is 5.82 Å². The Morgan fingerprint density at radius 3 is 2.89 bits per heavy atom. The molecule has 0 aliphatic carbocycles. The number of aromatic nitrogens is 2. The summed E-state index contributed by atoms with van der Waals surface area (Å²) >= 11 is 3.36. The molecule has 0 radical (unpaired) electrons. The molecule has 0 bridgehead atoms. The number of nitrogens with zero attached hydrogens (tertiary/aromatic N) is 2. The highest BCUT2D eigenvalue weighted by molar-refractivity contribution is 9.10. The van der Waals surface area contributed by atoms with E-state index in [1.54, 1.807) is 6.92 Å². The molecule has 0 saturated carbocycles. The van der Waals surface area contributed by atoms with Crippen LogP contribution in [-0.4, -0.2) is 22.6 Å². The van der Waals surface area contributed by atoms with Crippen molar-refractivity contribution < 1.29 is 9.32 Å². The topological polar surface area (TPSA) is 80.0 Å². The molecule has 0 aliphatic rings. The second-order valence-electron chi connectivity index (χ2n) is 3.86. The number of amides is 1. The number of anilines is 1. The van der Waals surface area contributed by atoms with Crippen molar-refractivity contribution in [3.05, 3.63) is 40.5 Å². The third kappa shape index (κ3) is 4.15. The van der Waals surface area contributed by atoms with Crippen LogP contribution in [0.1, 0.15) is 11.7 Å². The predicted molar refractivity (Wildman–Crippen MR) is 73.5 cm³/mol. The molecule has 0 atom stereocenters. The van der Waals surface area contributed by atoms with Gasteiger partial charge in [-0.15, -0.1) is 0 Å². The first-order valence-corrected chi connectivity index (χ1v) is 6.49. The minimum absolute atomic E-state index is 0.132. The number of rotatable bonds is 5. The Bertz CT molecular complexity index is 570. The lowest BCUT2D eigenvalue weighted by Crippen LogP contribution is -2.28. The lowest BCUT2D eigenvalue weighted by Gasteiger charge is -2.07. The highest BCUT2D eigenvalue weighted by Gasteiger charge is 2.06. The maximum absolute atomic E-state index is 11.7. The van der Waals surface area contributed by atoms with E-state index in [1.807, 2.05) is 24.3 Å². The van der Waals surface area contributed by atoms with E-state index in [4.69, 9.17) is 4.52 Å². The fraction of sp³-hybridized carbons (Fsp3) is 0.250. The van der Waals surface area contributed by atoms with E-state index < -0.39 is 0 Å². The number of hydrogen-bond acceptors (Lipinski definition) is 5. The van der Waals surface area contributed by atoms with Crippen LogP contribution in [0.5, 0.6) is 0 Å². The Morgan fingerprint density at radius 2 is 2.21 bits per heavy atom. The lowest BCUT2D eigenvalue weighted by atomic mass is 10.3. The zero-order chi connectivity index (χ0) is 13.7. The zero-order valence-corrected chi connectivity index (χ0v) is 11.9. The molecule has 2 N–H and O–H groups in total. The van der Waals surface area contributed by atoms with Gasteiger partial charge in [-0.05, 0) is 28.1 Å². The summed E-state index contributed by atoms with van der Waals surface area (Å²) in [4.78, 5) is 15.7. The molecule has 2 rings (SSSR count). The van der Waals surface area contributed by atoms with Gasteiger partial charge in [0.25, 0.3) is 0 Å². The maximum atomic E-state index is 11.7. The normalized spacial score (nSPS) is 10.4. The number of carbonyl (C=O) groups is 1. The van der Waals surface area contributed by atoms with Crippen molar-refractivity contribution in [2.45, 2.75) is 13.5 Å². The monoisotopic (exact) mass is 324 g/mol. The standard InChI is InChI=1S/C12H13BrN4O2/c1-8-15-11(17-19-8)6-14-7-12(18)16-10-5-3-2-4-9(10)13/h2-5,14H,6-7H2,1H3,(H,16,18). The third-order valence-electron chi connectivity index (χ3n) is 2.29. The summed E-state index contributed by atoms with van der Waals surface area (Å²) in [6, 6.07) is 7.43. The van der Waals surface area contributed by atoms with Crippen LogP contribution in [0.3, 0.4) is 0 Å². The Morgan fingerprint density at radius 1 is 1.42 bits per heavy atom. The molecule has 0 aliphatic heterocycles. The number of para-hydroxylation sites is 1. The van der Waals surface area contributed by atoms with Gasteiger partial charge in [-0.2, -0.15) is 4.98 Å². The Balaban J connectivity index is 1.77. The fourth-order valence-corrected chi connectivity index (χ4v) is 1.84. The van der Waals surface area contributed by atoms with E-state index in [1.165, 1.54) is 0 Å². The molecule has 0 saturated heterocycles. The molecule has 1 heterocycles. The molecule has 7 heteroatoms. The van der Waals surface area contributed by atoms with Crippen LogP contribution < -0.4 is 10.6 Å². The molecule has 19 heavy (non-hydrogen) atoms. The maximum Gasteiger partial charge on any atom is 0.238 e. The van der Waals surface area contributed by atoms with Crippen LogP contribution in [0.2, 0.25) is 0 Å². The summed E-state index contributed by atoms with van der Waals surface area (Å²) in [6.45, 7) is 2.28. The SMILES string of the molecule is Cc1nc(CNCC(=O)Nc2ccccc2Br)no1. The number of halogens is 1. The van der Waals surface area contributed by atoms with Gasteiger partial charge in [-0.3, -0.25) is 4.79 Å². The summed E-state index contributed by atoms with van der Waals surface area (Å²) in [5.74, 6) is 0.910. The van der Waals surface area contributed by atoms with E-state index >= 15 is 0 Å². The zero-order valence-electron chi connectivity index (χ0n) is 10.3. The molecular weight excluding hydrogens is 312 g/mol. The number of nitrogens with one attached hydrogen (secondary N) is 2. The van der Waals surface area contributed by atoms with Crippen molar-refractivity contribution >= 4 is 27.5 Å². The molecule has 6 nitrogen and oxygen atoms in total. The van der Waals surface area contributed by atoms with Gasteiger partial charge >= 0.3 is 0 Å². The summed E-state index contributed by atoms with van der Waals surface area (Å²) < 4.78 is 5.67. The number of aryl methyl sites for hydroxylation is 1. The van der Waals surface area contributed by atoms with Gasteiger partial charge < -0.3 is 15.2 Å². The summed E-state index contributed by atoms with van der Waals surface area (Å²) in [5.41, 5.74) is 0.740. The van der Waals surface area contributed by atoms with Crippen molar-refractivity contribution in [1.29, 1.82) is 0 Å². The quantitative estimate of drug-likeness (QED) is 0.877. The highest BCUT2D eigenvalue weighted by Crippen LogP contribution is 2.20.